The summed E-state index contributed by atoms with van der Waals surface area (Å²) in [5.74, 6) is -0.768. The number of anilines is 1. The Bertz CT molecular complexity index is 982. The van der Waals surface area contributed by atoms with Crippen molar-refractivity contribution in [1.29, 1.82) is 0 Å². The lowest BCUT2D eigenvalue weighted by molar-refractivity contribution is -0.122. The van der Waals surface area contributed by atoms with E-state index in [1.807, 2.05) is 31.2 Å². The van der Waals surface area contributed by atoms with Crippen molar-refractivity contribution in [2.75, 3.05) is 11.5 Å². The summed E-state index contributed by atoms with van der Waals surface area (Å²) in [6, 6.07) is 11.2. The molecule has 3 heterocycles. The maximum atomic E-state index is 12.7. The number of pyridine rings is 1. The van der Waals surface area contributed by atoms with Crippen LogP contribution in [0.1, 0.15) is 29.3 Å². The first-order valence-electron chi connectivity index (χ1n) is 8.50. The highest BCUT2D eigenvalue weighted by atomic mass is 16.5. The van der Waals surface area contributed by atoms with Gasteiger partial charge in [0, 0.05) is 17.9 Å². The van der Waals surface area contributed by atoms with E-state index in [-0.39, 0.29) is 18.6 Å². The summed E-state index contributed by atoms with van der Waals surface area (Å²) in [4.78, 5) is 26.7. The summed E-state index contributed by atoms with van der Waals surface area (Å²) in [7, 11) is 0. The van der Waals surface area contributed by atoms with E-state index in [2.05, 4.69) is 10.2 Å². The number of nitrogens with zero attached hydrogens (tertiary/aromatic N) is 4. The van der Waals surface area contributed by atoms with Crippen molar-refractivity contribution in [1.82, 2.24) is 14.6 Å². The van der Waals surface area contributed by atoms with Crippen LogP contribution >= 0.6 is 0 Å². The maximum absolute atomic E-state index is 12.7. The number of hydrogen-bond acceptors (Lipinski definition) is 5. The number of aryl methyl sites for hydroxylation is 1. The average Bonchev–Trinajstić information content (AvgIpc) is 3.13. The smallest absolute Gasteiger partial charge is 0.340 e. The van der Waals surface area contributed by atoms with E-state index in [0.29, 0.717) is 11.2 Å². The monoisotopic (exact) mass is 350 g/mol. The fourth-order valence-electron chi connectivity index (χ4n) is 3.30. The molecule has 0 saturated carbocycles. The standard InChI is InChI=1S/C19H18N4O3/c1-13-6-7-14-4-2-3-5-16(14)23(13)18(24)11-26-19(25)15-8-9-17-21-20-12-22(17)10-15/h2-5,8-10,12-13H,6-7,11H2,1H3. The number of aromatic nitrogens is 3. The lowest BCUT2D eigenvalue weighted by atomic mass is 9.96. The predicted octanol–water partition coefficient (Wildman–Crippen LogP) is 2.25. The molecule has 1 aliphatic heterocycles. The number of carbonyl (C=O) groups is 2. The molecule has 0 N–H and O–H groups in total. The van der Waals surface area contributed by atoms with Gasteiger partial charge in [0.25, 0.3) is 5.91 Å². The first-order valence-corrected chi connectivity index (χ1v) is 8.50. The van der Waals surface area contributed by atoms with Crippen LogP contribution < -0.4 is 4.90 Å². The summed E-state index contributed by atoms with van der Waals surface area (Å²) in [5.41, 5.74) is 3.02. The van der Waals surface area contributed by atoms with Crippen molar-refractivity contribution < 1.29 is 14.3 Å². The fourth-order valence-corrected chi connectivity index (χ4v) is 3.30. The fraction of sp³-hybridized carbons (Fsp3) is 0.263. The Morgan fingerprint density at radius 3 is 2.96 bits per heavy atom. The summed E-state index contributed by atoms with van der Waals surface area (Å²) in [5, 5.41) is 7.65. The van der Waals surface area contributed by atoms with E-state index < -0.39 is 5.97 Å². The van der Waals surface area contributed by atoms with Gasteiger partial charge in [-0.05, 0) is 43.5 Å². The minimum Gasteiger partial charge on any atom is -0.452 e. The van der Waals surface area contributed by atoms with Gasteiger partial charge in [0.05, 0.1) is 5.56 Å². The number of carbonyl (C=O) groups excluding carboxylic acids is 2. The minimum absolute atomic E-state index is 0.0736. The average molecular weight is 350 g/mol. The van der Waals surface area contributed by atoms with Gasteiger partial charge in [0.15, 0.2) is 12.3 Å². The second kappa shape index (κ2) is 6.59. The molecular weight excluding hydrogens is 332 g/mol. The molecule has 1 aliphatic rings. The Morgan fingerprint density at radius 2 is 2.08 bits per heavy atom. The number of amides is 1. The summed E-state index contributed by atoms with van der Waals surface area (Å²) < 4.78 is 6.87. The van der Waals surface area contributed by atoms with Crippen molar-refractivity contribution in [2.45, 2.75) is 25.8 Å². The zero-order chi connectivity index (χ0) is 18.1. The van der Waals surface area contributed by atoms with Crippen LogP contribution in [0.3, 0.4) is 0 Å². The number of rotatable bonds is 3. The molecule has 7 nitrogen and oxygen atoms in total. The second-order valence-electron chi connectivity index (χ2n) is 6.37. The maximum Gasteiger partial charge on any atom is 0.340 e. The van der Waals surface area contributed by atoms with Crippen LogP contribution in [-0.2, 0) is 16.0 Å². The Balaban J connectivity index is 1.47. The van der Waals surface area contributed by atoms with Gasteiger partial charge >= 0.3 is 5.97 Å². The Hall–Kier alpha value is -3.22. The number of para-hydroxylation sites is 1. The minimum atomic E-state index is -0.549. The van der Waals surface area contributed by atoms with Crippen LogP contribution in [0.2, 0.25) is 0 Å². The number of fused-ring (bicyclic) bond motifs is 2. The number of esters is 1. The van der Waals surface area contributed by atoms with Gasteiger partial charge < -0.3 is 9.64 Å². The van der Waals surface area contributed by atoms with Crippen LogP contribution in [0.4, 0.5) is 5.69 Å². The molecule has 0 saturated heterocycles. The van der Waals surface area contributed by atoms with Crippen LogP contribution in [0, 0.1) is 0 Å². The van der Waals surface area contributed by atoms with Gasteiger partial charge in [-0.1, -0.05) is 18.2 Å². The van der Waals surface area contributed by atoms with Crippen molar-refractivity contribution in [3.63, 3.8) is 0 Å². The molecule has 4 rings (SSSR count). The number of benzene rings is 1. The molecule has 3 aromatic rings. The summed E-state index contributed by atoms with van der Waals surface area (Å²) in [6.07, 6.45) is 4.92. The van der Waals surface area contributed by atoms with Crippen molar-refractivity contribution >= 4 is 23.2 Å². The highest BCUT2D eigenvalue weighted by Gasteiger charge is 2.28. The van der Waals surface area contributed by atoms with Crippen molar-refractivity contribution in [3.8, 4) is 0 Å². The number of hydrogen-bond donors (Lipinski definition) is 0. The molecule has 7 heteroatoms. The Morgan fingerprint density at radius 1 is 1.23 bits per heavy atom. The SMILES string of the molecule is CC1CCc2ccccc2N1C(=O)COC(=O)c1ccc2nncn2c1. The Labute approximate surface area is 150 Å². The van der Waals surface area contributed by atoms with Gasteiger partial charge in [-0.2, -0.15) is 0 Å². The molecule has 0 aliphatic carbocycles. The molecule has 0 spiro atoms. The van der Waals surface area contributed by atoms with Crippen LogP contribution in [-0.4, -0.2) is 39.1 Å². The highest BCUT2D eigenvalue weighted by molar-refractivity contribution is 5.98. The summed E-state index contributed by atoms with van der Waals surface area (Å²) >= 11 is 0. The van der Waals surface area contributed by atoms with E-state index in [0.717, 1.165) is 24.1 Å². The van der Waals surface area contributed by atoms with Gasteiger partial charge in [0.1, 0.15) is 6.33 Å². The van der Waals surface area contributed by atoms with Crippen molar-refractivity contribution in [3.05, 3.63) is 60.0 Å². The quantitative estimate of drug-likeness (QED) is 0.677. The molecule has 132 valence electrons. The second-order valence-corrected chi connectivity index (χ2v) is 6.37. The third-order valence-corrected chi connectivity index (χ3v) is 4.65. The van der Waals surface area contributed by atoms with E-state index in [9.17, 15) is 9.59 Å². The first kappa shape index (κ1) is 16.3. The third-order valence-electron chi connectivity index (χ3n) is 4.65. The normalized spacial score (nSPS) is 16.3. The largest absolute Gasteiger partial charge is 0.452 e. The first-order chi connectivity index (χ1) is 12.6. The molecule has 1 atom stereocenters. The Kier molecular flexibility index (Phi) is 4.12. The van der Waals surface area contributed by atoms with E-state index in [1.165, 1.54) is 6.33 Å². The lowest BCUT2D eigenvalue weighted by Gasteiger charge is -2.35. The topological polar surface area (TPSA) is 76.8 Å². The molecule has 1 amide bonds. The molecule has 0 radical (unpaired) electrons. The van der Waals surface area contributed by atoms with Crippen molar-refractivity contribution in [2.24, 2.45) is 0 Å². The van der Waals surface area contributed by atoms with Gasteiger partial charge in [-0.3, -0.25) is 9.20 Å². The van der Waals surface area contributed by atoms with Gasteiger partial charge in [-0.15, -0.1) is 10.2 Å². The van der Waals surface area contributed by atoms with Gasteiger partial charge in [0.2, 0.25) is 0 Å². The van der Waals surface area contributed by atoms with Crippen LogP contribution in [0.25, 0.3) is 5.65 Å². The van der Waals surface area contributed by atoms with E-state index >= 15 is 0 Å². The highest BCUT2D eigenvalue weighted by Crippen LogP contribution is 2.30. The number of ether oxygens (including phenoxy) is 1. The molecule has 0 bridgehead atoms. The molecule has 2 aromatic heterocycles. The molecule has 1 unspecified atom stereocenters. The lowest BCUT2D eigenvalue weighted by Crippen LogP contribution is -2.44. The van der Waals surface area contributed by atoms with Gasteiger partial charge in [-0.25, -0.2) is 4.79 Å². The zero-order valence-electron chi connectivity index (χ0n) is 14.3. The summed E-state index contributed by atoms with van der Waals surface area (Å²) in [6.45, 7) is 1.72. The third kappa shape index (κ3) is 2.92. The van der Waals surface area contributed by atoms with Crippen LogP contribution in [0.15, 0.2) is 48.9 Å². The molecular formula is C19H18N4O3. The zero-order valence-corrected chi connectivity index (χ0v) is 14.3. The predicted molar refractivity (Wildman–Crippen MR) is 95.0 cm³/mol. The van der Waals surface area contributed by atoms with E-state index in [1.54, 1.807) is 27.6 Å². The molecule has 26 heavy (non-hydrogen) atoms. The molecule has 0 fully saturated rings. The van der Waals surface area contributed by atoms with Crippen LogP contribution in [0.5, 0.6) is 0 Å². The molecule has 1 aromatic carbocycles. The van der Waals surface area contributed by atoms with E-state index in [4.69, 9.17) is 4.74 Å².